The summed E-state index contributed by atoms with van der Waals surface area (Å²) in [4.78, 5) is 21.1. The van der Waals surface area contributed by atoms with Crippen LogP contribution in [0.15, 0.2) is 29.3 Å². The largest absolute Gasteiger partial charge is 0.356 e. The quantitative estimate of drug-likeness (QED) is 0.249. The molecule has 0 aliphatic carbocycles. The van der Waals surface area contributed by atoms with Gasteiger partial charge in [-0.3, -0.25) is 14.7 Å². The van der Waals surface area contributed by atoms with Crippen LogP contribution in [-0.2, 0) is 11.2 Å². The van der Waals surface area contributed by atoms with Crippen LogP contribution in [0.4, 0.5) is 5.69 Å². The molecule has 1 heterocycles. The number of carbonyl (C=O) groups excluding carboxylic acids is 1. The number of aliphatic imine (C=N–C) groups is 1. The Labute approximate surface area is 187 Å². The fourth-order valence-electron chi connectivity index (χ4n) is 3.65. The zero-order valence-electron chi connectivity index (χ0n) is 17.9. The average Bonchev–Trinajstić information content (AvgIpc) is 3.07. The number of rotatable bonds is 8. The molecule has 1 aromatic carbocycles. The minimum Gasteiger partial charge on any atom is -0.356 e. The van der Waals surface area contributed by atoms with Crippen molar-refractivity contribution in [1.29, 1.82) is 0 Å². The molecule has 0 saturated heterocycles. The van der Waals surface area contributed by atoms with Gasteiger partial charge < -0.3 is 15.5 Å². The van der Waals surface area contributed by atoms with E-state index in [-0.39, 0.29) is 36.4 Å². The van der Waals surface area contributed by atoms with Gasteiger partial charge in [0.1, 0.15) is 0 Å². The van der Waals surface area contributed by atoms with Crippen LogP contribution in [0.2, 0.25) is 0 Å². The molecule has 0 atom stereocenters. The number of halogens is 1. The Bertz CT molecular complexity index is 639. The summed E-state index contributed by atoms with van der Waals surface area (Å²) in [6, 6.07) is 9.20. The summed E-state index contributed by atoms with van der Waals surface area (Å²) in [6.45, 7) is 11.8. The normalized spacial score (nSPS) is 13.7. The number of benzene rings is 1. The van der Waals surface area contributed by atoms with E-state index in [2.05, 4.69) is 54.3 Å². The molecule has 2 rings (SSSR count). The number of amides is 1. The summed E-state index contributed by atoms with van der Waals surface area (Å²) >= 11 is 0. The van der Waals surface area contributed by atoms with Gasteiger partial charge in [0.15, 0.2) is 5.96 Å². The van der Waals surface area contributed by atoms with Gasteiger partial charge in [-0.2, -0.15) is 0 Å². The predicted octanol–water partition coefficient (Wildman–Crippen LogP) is 2.87. The number of para-hydroxylation sites is 1. The highest BCUT2D eigenvalue weighted by molar-refractivity contribution is 14.0. The van der Waals surface area contributed by atoms with Gasteiger partial charge in [-0.1, -0.05) is 18.2 Å². The third-order valence-corrected chi connectivity index (χ3v) is 5.03. The molecule has 0 fully saturated rings. The van der Waals surface area contributed by atoms with Crippen molar-refractivity contribution in [2.24, 2.45) is 4.99 Å². The Balaban J connectivity index is 0.00000392. The van der Waals surface area contributed by atoms with E-state index in [1.165, 1.54) is 5.56 Å². The molecular weight excluding hydrogens is 465 g/mol. The van der Waals surface area contributed by atoms with Crippen molar-refractivity contribution in [1.82, 2.24) is 15.5 Å². The summed E-state index contributed by atoms with van der Waals surface area (Å²) in [5.41, 5.74) is 2.28. The standard InChI is InChI=1S/C21H35N5O.HI/c1-16(2)25(17(3)4)13-8-12-23-21(22-5)24-15-20(27)26-14-11-18-9-6-7-10-19(18)26;/h6-7,9-10,16-17H,8,11-15H2,1-5H3,(H2,22,23,24);1H. The summed E-state index contributed by atoms with van der Waals surface area (Å²) < 4.78 is 0. The fraction of sp³-hybridized carbons (Fsp3) is 0.619. The number of hydrogen-bond donors (Lipinski definition) is 2. The fourth-order valence-corrected chi connectivity index (χ4v) is 3.65. The van der Waals surface area contributed by atoms with Crippen LogP contribution in [0, 0.1) is 0 Å². The lowest BCUT2D eigenvalue weighted by Crippen LogP contribution is -2.45. The highest BCUT2D eigenvalue weighted by Crippen LogP contribution is 2.27. The van der Waals surface area contributed by atoms with E-state index in [0.29, 0.717) is 18.0 Å². The molecular formula is C21H36IN5O. The number of guanidine groups is 1. The first kappa shape index (κ1) is 24.7. The van der Waals surface area contributed by atoms with Crippen molar-refractivity contribution in [2.75, 3.05) is 38.1 Å². The topological polar surface area (TPSA) is 60.0 Å². The third-order valence-electron chi connectivity index (χ3n) is 5.03. The van der Waals surface area contributed by atoms with Crippen LogP contribution in [0.1, 0.15) is 39.7 Å². The Morgan fingerprint density at radius 2 is 1.86 bits per heavy atom. The van der Waals surface area contributed by atoms with Crippen molar-refractivity contribution in [3.63, 3.8) is 0 Å². The lowest BCUT2D eigenvalue weighted by atomic mass is 10.2. The lowest BCUT2D eigenvalue weighted by molar-refractivity contribution is -0.117. The molecule has 1 aliphatic rings. The second kappa shape index (κ2) is 12.3. The number of nitrogens with zero attached hydrogens (tertiary/aromatic N) is 3. The van der Waals surface area contributed by atoms with Crippen LogP contribution in [0.25, 0.3) is 0 Å². The Morgan fingerprint density at radius 3 is 2.50 bits per heavy atom. The number of carbonyl (C=O) groups is 1. The Morgan fingerprint density at radius 1 is 1.18 bits per heavy atom. The SMILES string of the molecule is CN=C(NCCCN(C(C)C)C(C)C)NCC(=O)N1CCc2ccccc21.I. The smallest absolute Gasteiger partial charge is 0.246 e. The minimum absolute atomic E-state index is 0. The van der Waals surface area contributed by atoms with Gasteiger partial charge in [0.2, 0.25) is 5.91 Å². The van der Waals surface area contributed by atoms with E-state index >= 15 is 0 Å². The third kappa shape index (κ3) is 6.92. The molecule has 1 aliphatic heterocycles. The van der Waals surface area contributed by atoms with Crippen LogP contribution < -0.4 is 15.5 Å². The first-order chi connectivity index (χ1) is 12.9. The van der Waals surface area contributed by atoms with Crippen molar-refractivity contribution in [3.05, 3.63) is 29.8 Å². The maximum Gasteiger partial charge on any atom is 0.246 e. The van der Waals surface area contributed by atoms with E-state index < -0.39 is 0 Å². The van der Waals surface area contributed by atoms with Crippen LogP contribution in [0.3, 0.4) is 0 Å². The zero-order valence-corrected chi connectivity index (χ0v) is 20.2. The molecule has 0 spiro atoms. The second-order valence-corrected chi connectivity index (χ2v) is 7.56. The Hall–Kier alpha value is -1.35. The molecule has 0 radical (unpaired) electrons. The summed E-state index contributed by atoms with van der Waals surface area (Å²) in [7, 11) is 1.74. The lowest BCUT2D eigenvalue weighted by Gasteiger charge is -2.30. The summed E-state index contributed by atoms with van der Waals surface area (Å²) in [5, 5.41) is 6.45. The molecule has 1 amide bonds. The van der Waals surface area contributed by atoms with E-state index in [0.717, 1.165) is 38.2 Å². The molecule has 0 aromatic heterocycles. The van der Waals surface area contributed by atoms with Crippen LogP contribution >= 0.6 is 24.0 Å². The van der Waals surface area contributed by atoms with Crippen LogP contribution in [-0.4, -0.2) is 62.1 Å². The minimum atomic E-state index is 0. The molecule has 1 aromatic rings. The predicted molar refractivity (Wildman–Crippen MR) is 129 cm³/mol. The van der Waals surface area contributed by atoms with Gasteiger partial charge in [0.25, 0.3) is 0 Å². The van der Waals surface area contributed by atoms with Gasteiger partial charge in [0.05, 0.1) is 6.54 Å². The second-order valence-electron chi connectivity index (χ2n) is 7.56. The van der Waals surface area contributed by atoms with Crippen molar-refractivity contribution >= 4 is 41.5 Å². The van der Waals surface area contributed by atoms with Gasteiger partial charge in [0, 0.05) is 44.5 Å². The van der Waals surface area contributed by atoms with Gasteiger partial charge in [-0.25, -0.2) is 0 Å². The highest BCUT2D eigenvalue weighted by atomic mass is 127. The highest BCUT2D eigenvalue weighted by Gasteiger charge is 2.23. The maximum atomic E-state index is 12.6. The van der Waals surface area contributed by atoms with Gasteiger partial charge in [-0.05, 0) is 52.2 Å². The van der Waals surface area contributed by atoms with Crippen molar-refractivity contribution in [3.8, 4) is 0 Å². The molecule has 0 unspecified atom stereocenters. The van der Waals surface area contributed by atoms with E-state index in [1.54, 1.807) is 7.05 Å². The first-order valence-corrected chi connectivity index (χ1v) is 10.0. The van der Waals surface area contributed by atoms with Crippen molar-refractivity contribution < 1.29 is 4.79 Å². The summed E-state index contributed by atoms with van der Waals surface area (Å²) in [6.07, 6.45) is 1.96. The van der Waals surface area contributed by atoms with Gasteiger partial charge >= 0.3 is 0 Å². The Kier molecular flexibility index (Phi) is 10.8. The van der Waals surface area contributed by atoms with E-state index in [1.807, 2.05) is 23.1 Å². The monoisotopic (exact) mass is 501 g/mol. The number of hydrogen-bond acceptors (Lipinski definition) is 3. The molecule has 0 bridgehead atoms. The van der Waals surface area contributed by atoms with Gasteiger partial charge in [-0.15, -0.1) is 24.0 Å². The summed E-state index contributed by atoms with van der Waals surface area (Å²) in [5.74, 6) is 0.755. The zero-order chi connectivity index (χ0) is 19.8. The number of anilines is 1. The maximum absolute atomic E-state index is 12.6. The number of fused-ring (bicyclic) bond motifs is 1. The molecule has 2 N–H and O–H groups in total. The molecule has 28 heavy (non-hydrogen) atoms. The average molecular weight is 501 g/mol. The van der Waals surface area contributed by atoms with Crippen molar-refractivity contribution in [2.45, 2.75) is 52.6 Å². The molecule has 7 heteroatoms. The molecule has 6 nitrogen and oxygen atoms in total. The van der Waals surface area contributed by atoms with Crippen LogP contribution in [0.5, 0.6) is 0 Å². The molecule has 158 valence electrons. The molecule has 0 saturated carbocycles. The van der Waals surface area contributed by atoms with E-state index in [9.17, 15) is 4.79 Å². The first-order valence-electron chi connectivity index (χ1n) is 10.0. The number of nitrogens with one attached hydrogen (secondary N) is 2. The van der Waals surface area contributed by atoms with E-state index in [4.69, 9.17) is 0 Å².